The first-order valence-electron chi connectivity index (χ1n) is 11.3. The van der Waals surface area contributed by atoms with Crippen LogP contribution in [0.1, 0.15) is 84.0 Å². The molecule has 0 bridgehead atoms. The molecule has 0 aliphatic rings. The summed E-state index contributed by atoms with van der Waals surface area (Å²) in [7, 11) is 0. The molecule has 1 rings (SSSR count). The first-order valence-corrected chi connectivity index (χ1v) is 12.3. The molecule has 0 fully saturated rings. The highest BCUT2D eigenvalue weighted by Gasteiger charge is 2.11. The van der Waals surface area contributed by atoms with Crippen LogP contribution in [0.25, 0.3) is 0 Å². The minimum atomic E-state index is -0.787. The van der Waals surface area contributed by atoms with E-state index in [4.69, 9.17) is 10.2 Å². The number of hydrogen-bond acceptors (Lipinski definition) is 4. The number of hydrogen-bond donors (Lipinski definition) is 3. The van der Waals surface area contributed by atoms with E-state index in [0.29, 0.717) is 12.2 Å². The van der Waals surface area contributed by atoms with Crippen LogP contribution < -0.4 is 5.32 Å². The first kappa shape index (κ1) is 27.0. The Morgan fingerprint density at radius 1 is 0.839 bits per heavy atom. The topological polar surface area (TPSA) is 104 Å². The van der Waals surface area contributed by atoms with Crippen molar-refractivity contribution in [3.8, 4) is 0 Å². The highest BCUT2D eigenvalue weighted by atomic mass is 32.2. The van der Waals surface area contributed by atoms with E-state index in [0.717, 1.165) is 61.9 Å². The molecule has 1 unspecified atom stereocenters. The van der Waals surface area contributed by atoms with Gasteiger partial charge in [-0.3, -0.25) is 14.4 Å². The van der Waals surface area contributed by atoms with Gasteiger partial charge in [-0.25, -0.2) is 0 Å². The van der Waals surface area contributed by atoms with Gasteiger partial charge >= 0.3 is 11.9 Å². The highest BCUT2D eigenvalue weighted by molar-refractivity contribution is 7.99. The van der Waals surface area contributed by atoms with Crippen molar-refractivity contribution in [2.24, 2.45) is 5.92 Å². The van der Waals surface area contributed by atoms with Gasteiger partial charge in [-0.05, 0) is 30.9 Å². The molecule has 0 aliphatic carbocycles. The van der Waals surface area contributed by atoms with Crippen molar-refractivity contribution < 1.29 is 24.6 Å². The molecule has 0 saturated heterocycles. The van der Waals surface area contributed by atoms with Crippen LogP contribution in [0.5, 0.6) is 0 Å². The monoisotopic (exact) mass is 451 g/mol. The van der Waals surface area contributed by atoms with E-state index in [1.807, 2.05) is 31.2 Å². The average Bonchev–Trinajstić information content (AvgIpc) is 2.70. The summed E-state index contributed by atoms with van der Waals surface area (Å²) in [4.78, 5) is 34.5. The van der Waals surface area contributed by atoms with E-state index >= 15 is 0 Å². The van der Waals surface area contributed by atoms with Crippen molar-refractivity contribution >= 4 is 35.3 Å². The minimum Gasteiger partial charge on any atom is -0.481 e. The number of aliphatic carboxylic acids is 2. The van der Waals surface area contributed by atoms with E-state index in [1.54, 1.807) is 11.8 Å². The number of carboxylic acids is 2. The molecule has 1 aromatic carbocycles. The number of amides is 1. The standard InChI is InChI=1S/C24H37NO5S/c1-19(17-24(29)30)18-31-21-14-12-11-13-20(21)25-22(26)15-9-7-5-3-2-4-6-8-10-16-23(27)28/h11-14,19H,2-10,15-18H2,1H3,(H,25,26)(H,27,28)(H,29,30). The van der Waals surface area contributed by atoms with Crippen molar-refractivity contribution in [3.05, 3.63) is 24.3 Å². The lowest BCUT2D eigenvalue weighted by Gasteiger charge is -2.13. The summed E-state index contributed by atoms with van der Waals surface area (Å²) in [6.07, 6.45) is 10.3. The zero-order valence-electron chi connectivity index (χ0n) is 18.6. The summed E-state index contributed by atoms with van der Waals surface area (Å²) in [5, 5.41) is 20.5. The summed E-state index contributed by atoms with van der Waals surface area (Å²) < 4.78 is 0. The van der Waals surface area contributed by atoms with Crippen LogP contribution in [-0.2, 0) is 14.4 Å². The maximum absolute atomic E-state index is 12.3. The normalized spacial score (nSPS) is 11.8. The van der Waals surface area contributed by atoms with E-state index in [2.05, 4.69) is 5.32 Å². The third-order valence-electron chi connectivity index (χ3n) is 5.00. The van der Waals surface area contributed by atoms with Gasteiger partial charge in [-0.2, -0.15) is 0 Å². The Bertz CT molecular complexity index is 680. The molecule has 0 aliphatic heterocycles. The number of thioether (sulfide) groups is 1. The van der Waals surface area contributed by atoms with Crippen LogP contribution >= 0.6 is 11.8 Å². The Kier molecular flexibility index (Phi) is 14.5. The van der Waals surface area contributed by atoms with Crippen molar-refractivity contribution in [1.29, 1.82) is 0 Å². The number of rotatable bonds is 18. The van der Waals surface area contributed by atoms with E-state index in [9.17, 15) is 14.4 Å². The maximum atomic E-state index is 12.3. The predicted octanol–water partition coefficient (Wildman–Crippen LogP) is 6.20. The Balaban J connectivity index is 2.16. The Morgan fingerprint density at radius 2 is 1.39 bits per heavy atom. The largest absolute Gasteiger partial charge is 0.481 e. The second kappa shape index (κ2) is 16.6. The molecule has 1 aromatic rings. The van der Waals surface area contributed by atoms with E-state index in [-0.39, 0.29) is 24.7 Å². The number of benzene rings is 1. The van der Waals surface area contributed by atoms with Gasteiger partial charge in [0.2, 0.25) is 5.91 Å². The van der Waals surface area contributed by atoms with Gasteiger partial charge in [-0.15, -0.1) is 11.8 Å². The molecule has 1 amide bonds. The smallest absolute Gasteiger partial charge is 0.303 e. The number of carbonyl (C=O) groups excluding carboxylic acids is 1. The molecule has 6 nitrogen and oxygen atoms in total. The molecule has 0 heterocycles. The molecular formula is C24H37NO5S. The van der Waals surface area contributed by atoms with Gasteiger partial charge in [-0.1, -0.05) is 64.0 Å². The number of para-hydroxylation sites is 1. The lowest BCUT2D eigenvalue weighted by molar-refractivity contribution is -0.138. The summed E-state index contributed by atoms with van der Waals surface area (Å²) in [5.74, 6) is -0.721. The Morgan fingerprint density at radius 3 is 1.97 bits per heavy atom. The summed E-state index contributed by atoms with van der Waals surface area (Å²) in [6, 6.07) is 7.65. The summed E-state index contributed by atoms with van der Waals surface area (Å²) in [5.41, 5.74) is 0.794. The van der Waals surface area contributed by atoms with E-state index < -0.39 is 11.9 Å². The van der Waals surface area contributed by atoms with Crippen molar-refractivity contribution in [1.82, 2.24) is 0 Å². The molecule has 1 atom stereocenters. The maximum Gasteiger partial charge on any atom is 0.303 e. The third kappa shape index (κ3) is 14.6. The number of carbonyl (C=O) groups is 3. The van der Waals surface area contributed by atoms with Gasteiger partial charge in [0.25, 0.3) is 0 Å². The predicted molar refractivity (Wildman–Crippen MR) is 126 cm³/mol. The molecule has 0 aromatic heterocycles. The van der Waals surface area contributed by atoms with Gasteiger partial charge in [0.15, 0.2) is 0 Å². The summed E-state index contributed by atoms with van der Waals surface area (Å²) >= 11 is 1.58. The molecule has 3 N–H and O–H groups in total. The van der Waals surface area contributed by atoms with Crippen molar-refractivity contribution in [3.63, 3.8) is 0 Å². The lowest BCUT2D eigenvalue weighted by Crippen LogP contribution is -2.12. The SMILES string of the molecule is CC(CSc1ccccc1NC(=O)CCCCCCCCCCCC(=O)O)CC(=O)O. The van der Waals surface area contributed by atoms with Crippen molar-refractivity contribution in [2.45, 2.75) is 88.9 Å². The number of carboxylic acid groups (broad SMARTS) is 2. The van der Waals surface area contributed by atoms with Crippen LogP contribution in [0.15, 0.2) is 29.2 Å². The fourth-order valence-corrected chi connectivity index (χ4v) is 4.33. The van der Waals surface area contributed by atoms with Gasteiger partial charge in [0, 0.05) is 29.9 Å². The zero-order valence-corrected chi connectivity index (χ0v) is 19.4. The number of unbranched alkanes of at least 4 members (excludes halogenated alkanes) is 8. The molecule has 31 heavy (non-hydrogen) atoms. The van der Waals surface area contributed by atoms with Crippen molar-refractivity contribution in [2.75, 3.05) is 11.1 Å². The van der Waals surface area contributed by atoms with Gasteiger partial charge < -0.3 is 15.5 Å². The van der Waals surface area contributed by atoms with Gasteiger partial charge in [0.1, 0.15) is 0 Å². The lowest BCUT2D eigenvalue weighted by atomic mass is 10.1. The number of anilines is 1. The quantitative estimate of drug-likeness (QED) is 0.181. The van der Waals surface area contributed by atoms with Gasteiger partial charge in [0.05, 0.1) is 5.69 Å². The minimum absolute atomic E-state index is 0.0186. The van der Waals surface area contributed by atoms with Crippen LogP contribution in [0.3, 0.4) is 0 Å². The Labute approximate surface area is 190 Å². The second-order valence-electron chi connectivity index (χ2n) is 8.13. The molecular weight excluding hydrogens is 414 g/mol. The molecule has 0 saturated carbocycles. The first-order chi connectivity index (χ1) is 14.9. The average molecular weight is 452 g/mol. The fourth-order valence-electron chi connectivity index (χ4n) is 3.30. The van der Waals surface area contributed by atoms with Crippen LogP contribution in [0.2, 0.25) is 0 Å². The Hall–Kier alpha value is -2.02. The highest BCUT2D eigenvalue weighted by Crippen LogP contribution is 2.29. The van der Waals surface area contributed by atoms with Crippen LogP contribution in [-0.4, -0.2) is 33.8 Å². The third-order valence-corrected chi connectivity index (χ3v) is 6.40. The molecule has 0 spiro atoms. The number of nitrogens with one attached hydrogen (secondary N) is 1. The second-order valence-corrected chi connectivity index (χ2v) is 9.20. The van der Waals surface area contributed by atoms with E-state index in [1.165, 1.54) is 6.42 Å². The fraction of sp³-hybridized carbons (Fsp3) is 0.625. The zero-order chi connectivity index (χ0) is 22.9. The molecule has 7 heteroatoms. The molecule has 0 radical (unpaired) electrons. The molecule has 174 valence electrons. The summed E-state index contributed by atoms with van der Waals surface area (Å²) in [6.45, 7) is 1.92. The van der Waals surface area contributed by atoms with Crippen LogP contribution in [0, 0.1) is 5.92 Å². The van der Waals surface area contributed by atoms with Crippen LogP contribution in [0.4, 0.5) is 5.69 Å².